The third kappa shape index (κ3) is 11.6. The van der Waals surface area contributed by atoms with E-state index in [2.05, 4.69) is 31.6 Å². The average Bonchev–Trinajstić information content (AvgIpc) is 4.07. The van der Waals surface area contributed by atoms with E-state index in [1.165, 1.54) is 14.7 Å². The number of carbonyl (C=O) groups is 9. The van der Waals surface area contributed by atoms with Crippen molar-refractivity contribution < 1.29 is 53.2 Å². The molecule has 59 heavy (non-hydrogen) atoms. The lowest BCUT2D eigenvalue weighted by molar-refractivity contribution is -0.459. The number of carbonyl (C=O) groups excluding carboxylic acids is 8. The van der Waals surface area contributed by atoms with Gasteiger partial charge in [0.05, 0.1) is 25.7 Å². The van der Waals surface area contributed by atoms with Gasteiger partial charge in [-0.15, -0.1) is 0 Å². The van der Waals surface area contributed by atoms with Crippen LogP contribution in [0, 0.1) is 0 Å². The van der Waals surface area contributed by atoms with Crippen LogP contribution in [0.3, 0.4) is 0 Å². The number of likely N-dealkylation sites (tertiary alicyclic amines) is 4. The molecule has 5 saturated heterocycles. The largest absolute Gasteiger partial charge is 0.480 e. The third-order valence-corrected chi connectivity index (χ3v) is 11.6. The summed E-state index contributed by atoms with van der Waals surface area (Å²) in [6, 6.07) is -4.75. The van der Waals surface area contributed by atoms with E-state index >= 15 is 0 Å². The molecule has 0 unspecified atom stereocenters. The number of nitrogens with two attached hydrogens (primary N) is 2. The standard InChI is InChI=1S/C37H58N12O10/c38-37(39)41-14-1-7-22(31(54)42-19-29(51)47-16-6-12-27(47)36(59)49-18-5-10-25(49)33(56)44-21-30(52)53)45-34(57)26-11-3-15-46(26)28(50)20-43-32(55)24-9-4-17-48(24)35(58)23-8-2-13-40-23/h22-27,40H,1-21H2,(H,42,54)(H,43,55)(H,44,56)(H,45,57)(H,52,53)(H4,38,39,41)/p+1/t22-,23-,24-,25-,26-,27-/m0/s1. The Hall–Kier alpha value is -5.54. The molecular weight excluding hydrogens is 772 g/mol. The topological polar surface area (TPSA) is 313 Å². The summed E-state index contributed by atoms with van der Waals surface area (Å²) in [6.45, 7) is 0.851. The van der Waals surface area contributed by atoms with E-state index in [1.807, 2.05) is 0 Å². The molecule has 5 aliphatic rings. The van der Waals surface area contributed by atoms with Crippen molar-refractivity contribution in [3.63, 3.8) is 0 Å². The average molecular weight is 832 g/mol. The molecule has 0 aliphatic carbocycles. The van der Waals surface area contributed by atoms with Crippen LogP contribution in [-0.4, -0.2) is 179 Å². The lowest BCUT2D eigenvalue weighted by Crippen LogP contribution is -2.78. The van der Waals surface area contributed by atoms with Crippen LogP contribution >= 0.6 is 0 Å². The van der Waals surface area contributed by atoms with Gasteiger partial charge in [-0.05, 0) is 83.6 Å². The molecule has 0 bridgehead atoms. The highest BCUT2D eigenvalue weighted by atomic mass is 16.4. The Morgan fingerprint density at radius 3 is 1.69 bits per heavy atom. The second-order valence-electron chi connectivity index (χ2n) is 15.7. The van der Waals surface area contributed by atoms with E-state index in [-0.39, 0.29) is 57.1 Å². The molecule has 326 valence electrons. The van der Waals surface area contributed by atoms with Gasteiger partial charge in [0.15, 0.2) is 0 Å². The minimum atomic E-state index is -1.21. The highest BCUT2D eigenvalue weighted by molar-refractivity contribution is 5.97. The maximum absolute atomic E-state index is 13.7. The fraction of sp³-hybridized carbons (Fsp3) is 0.730. The minimum absolute atomic E-state index is 0.0262. The van der Waals surface area contributed by atoms with Gasteiger partial charge < -0.3 is 51.3 Å². The molecule has 11 N–H and O–H groups in total. The third-order valence-electron chi connectivity index (χ3n) is 11.6. The van der Waals surface area contributed by atoms with Crippen molar-refractivity contribution in [2.24, 2.45) is 11.5 Å². The Bertz CT molecular complexity index is 1650. The van der Waals surface area contributed by atoms with Crippen LogP contribution in [0.5, 0.6) is 0 Å². The van der Waals surface area contributed by atoms with Crippen LogP contribution in [0.2, 0.25) is 0 Å². The zero-order valence-electron chi connectivity index (χ0n) is 33.4. The Labute approximate surface area is 341 Å². The highest BCUT2D eigenvalue weighted by Crippen LogP contribution is 2.26. The minimum Gasteiger partial charge on any atom is -0.480 e. The molecule has 0 aromatic heterocycles. The predicted molar refractivity (Wildman–Crippen MR) is 207 cm³/mol. The molecule has 5 heterocycles. The van der Waals surface area contributed by atoms with Crippen LogP contribution in [0.15, 0.2) is 0 Å². The number of hydrogen-bond donors (Lipinski definition) is 9. The summed E-state index contributed by atoms with van der Waals surface area (Å²) >= 11 is 0. The SMILES string of the molecule is NC(N)=[NH+]CCC[C@H](NC(=O)[C@@H]1CCCN1C(=O)CNC(=O)[C@@H]1CCCN1C(=O)[C@@H]1CCCN1)C(=O)NCC(=O)N1CCC[C@H]1C(=O)N1CCC[C@H]1C(=O)NCC(=O)O. The Kier molecular flexibility index (Phi) is 15.8. The smallest absolute Gasteiger partial charge is 0.338 e. The Morgan fingerprint density at radius 2 is 1.14 bits per heavy atom. The van der Waals surface area contributed by atoms with E-state index in [0.29, 0.717) is 70.8 Å². The van der Waals surface area contributed by atoms with Gasteiger partial charge in [-0.3, -0.25) is 59.6 Å². The van der Waals surface area contributed by atoms with Gasteiger partial charge in [-0.2, -0.15) is 0 Å². The van der Waals surface area contributed by atoms with Crippen LogP contribution in [0.1, 0.15) is 77.0 Å². The van der Waals surface area contributed by atoms with E-state index in [0.717, 1.165) is 13.0 Å². The molecule has 6 atom stereocenters. The molecule has 22 heteroatoms. The van der Waals surface area contributed by atoms with Gasteiger partial charge in [0.25, 0.3) is 0 Å². The summed E-state index contributed by atoms with van der Waals surface area (Å²) in [5.41, 5.74) is 11.0. The van der Waals surface area contributed by atoms with E-state index in [4.69, 9.17) is 16.6 Å². The summed E-state index contributed by atoms with van der Waals surface area (Å²) in [6.07, 6.45) is 5.80. The molecule has 0 radical (unpaired) electrons. The number of carboxylic acids is 1. The second kappa shape index (κ2) is 20.9. The van der Waals surface area contributed by atoms with Gasteiger partial charge in [-0.25, -0.2) is 0 Å². The van der Waals surface area contributed by atoms with Crippen molar-refractivity contribution in [2.75, 3.05) is 58.9 Å². The van der Waals surface area contributed by atoms with Crippen LogP contribution < -0.4 is 43.0 Å². The Balaban J connectivity index is 1.15. The zero-order chi connectivity index (χ0) is 42.6. The first kappa shape index (κ1) is 44.6. The van der Waals surface area contributed by atoms with Gasteiger partial charge >= 0.3 is 11.9 Å². The first-order chi connectivity index (χ1) is 28.3. The molecule has 0 spiro atoms. The predicted octanol–water partition coefficient (Wildman–Crippen LogP) is -6.25. The van der Waals surface area contributed by atoms with Crippen molar-refractivity contribution in [1.82, 2.24) is 46.2 Å². The second-order valence-corrected chi connectivity index (χ2v) is 15.7. The number of nitrogens with zero attached hydrogens (tertiary/aromatic N) is 4. The van der Waals surface area contributed by atoms with Crippen LogP contribution in [-0.2, 0) is 43.2 Å². The summed E-state index contributed by atoms with van der Waals surface area (Å²) in [5, 5.41) is 22.4. The number of carboxylic acid groups (broad SMARTS) is 1. The fourth-order valence-electron chi connectivity index (χ4n) is 8.68. The molecule has 8 amide bonds. The summed E-state index contributed by atoms with van der Waals surface area (Å²) < 4.78 is 0. The maximum Gasteiger partial charge on any atom is 0.338 e. The first-order valence-electron chi connectivity index (χ1n) is 20.7. The molecule has 0 aromatic rings. The maximum atomic E-state index is 13.7. The van der Waals surface area contributed by atoms with Crippen molar-refractivity contribution >= 4 is 59.2 Å². The van der Waals surface area contributed by atoms with Gasteiger partial charge in [0.1, 0.15) is 36.8 Å². The normalized spacial score (nSPS) is 24.4. The monoisotopic (exact) mass is 831 g/mol. The summed E-state index contributed by atoms with van der Waals surface area (Å²) in [5.74, 6) is -5.05. The summed E-state index contributed by atoms with van der Waals surface area (Å²) in [7, 11) is 0. The van der Waals surface area contributed by atoms with Gasteiger partial charge in [0.2, 0.25) is 47.3 Å². The van der Waals surface area contributed by atoms with Gasteiger partial charge in [0, 0.05) is 26.2 Å². The van der Waals surface area contributed by atoms with Gasteiger partial charge in [-0.1, -0.05) is 0 Å². The van der Waals surface area contributed by atoms with Crippen LogP contribution in [0.4, 0.5) is 0 Å². The highest BCUT2D eigenvalue weighted by Gasteiger charge is 2.43. The molecule has 0 saturated carbocycles. The van der Waals surface area contributed by atoms with E-state index in [9.17, 15) is 43.2 Å². The quantitative estimate of drug-likeness (QED) is 0.0375. The molecule has 0 aromatic carbocycles. The molecule has 5 aliphatic heterocycles. The Morgan fingerprint density at radius 1 is 0.627 bits per heavy atom. The van der Waals surface area contributed by atoms with Crippen LogP contribution in [0.25, 0.3) is 0 Å². The number of amides is 8. The van der Waals surface area contributed by atoms with Crippen molar-refractivity contribution in [1.29, 1.82) is 0 Å². The number of rotatable bonds is 17. The molecule has 5 rings (SSSR count). The molecule has 22 nitrogen and oxygen atoms in total. The summed E-state index contributed by atoms with van der Waals surface area (Å²) in [4.78, 5) is 126. The number of nitrogens with one attached hydrogen (secondary N) is 6. The van der Waals surface area contributed by atoms with Crippen molar-refractivity contribution in [3.8, 4) is 0 Å². The van der Waals surface area contributed by atoms with E-state index in [1.54, 1.807) is 4.90 Å². The van der Waals surface area contributed by atoms with Crippen molar-refractivity contribution in [3.05, 3.63) is 0 Å². The number of hydrogen-bond acceptors (Lipinski definition) is 10. The fourth-order valence-corrected chi connectivity index (χ4v) is 8.68. The lowest BCUT2D eigenvalue weighted by Gasteiger charge is -2.31. The first-order valence-corrected chi connectivity index (χ1v) is 20.7. The number of aliphatic carboxylic acids is 1. The van der Waals surface area contributed by atoms with Crippen molar-refractivity contribution in [2.45, 2.75) is 113 Å². The number of guanidine groups is 1. The molecular formula is C37H59N12O10+. The van der Waals surface area contributed by atoms with E-state index < -0.39 is 90.6 Å². The molecule has 5 fully saturated rings. The zero-order valence-corrected chi connectivity index (χ0v) is 33.4. The lowest BCUT2D eigenvalue weighted by atomic mass is 10.1.